The minimum absolute atomic E-state index is 0.0443. The maximum Gasteiger partial charge on any atom is 0.223 e. The van der Waals surface area contributed by atoms with Crippen molar-refractivity contribution in [2.75, 3.05) is 6.61 Å². The van der Waals surface area contributed by atoms with Gasteiger partial charge in [-0.1, -0.05) is 48.5 Å². The molecule has 2 aromatic rings. The fraction of sp³-hybridized carbons (Fsp3) is 0.235. The van der Waals surface area contributed by atoms with Crippen LogP contribution in [0.3, 0.4) is 0 Å². The second-order valence-corrected chi connectivity index (χ2v) is 5.10. The van der Waals surface area contributed by atoms with Crippen LogP contribution in [0, 0.1) is 0 Å². The Labute approximate surface area is 123 Å². The second-order valence-electron chi connectivity index (χ2n) is 5.10. The first-order valence-electron chi connectivity index (χ1n) is 6.98. The number of benzene rings is 2. The zero-order valence-corrected chi connectivity index (χ0v) is 11.5. The van der Waals surface area contributed by atoms with E-state index in [1.807, 2.05) is 54.6 Å². The molecule has 0 radical (unpaired) electrons. The first kappa shape index (κ1) is 13.6. The van der Waals surface area contributed by atoms with Crippen molar-refractivity contribution in [3.8, 4) is 5.75 Å². The summed E-state index contributed by atoms with van der Waals surface area (Å²) in [5.74, 6) is 0.628. The Kier molecular flexibility index (Phi) is 3.88. The van der Waals surface area contributed by atoms with Gasteiger partial charge in [-0.2, -0.15) is 0 Å². The van der Waals surface area contributed by atoms with Crippen molar-refractivity contribution >= 4 is 5.91 Å². The van der Waals surface area contributed by atoms with E-state index < -0.39 is 6.10 Å². The summed E-state index contributed by atoms with van der Waals surface area (Å²) in [6.07, 6.45) is -0.744. The molecule has 0 aromatic heterocycles. The van der Waals surface area contributed by atoms with Crippen LogP contribution in [0.15, 0.2) is 54.6 Å². The number of aliphatic hydroxyl groups excluding tert-OH is 1. The summed E-state index contributed by atoms with van der Waals surface area (Å²) in [5, 5.41) is 13.0. The van der Waals surface area contributed by atoms with Crippen molar-refractivity contribution in [2.45, 2.75) is 18.6 Å². The third kappa shape index (κ3) is 3.06. The Hall–Kier alpha value is -2.33. The molecule has 2 aromatic carbocycles. The van der Waals surface area contributed by atoms with Crippen molar-refractivity contribution in [2.24, 2.45) is 0 Å². The zero-order chi connectivity index (χ0) is 14.7. The van der Waals surface area contributed by atoms with Crippen LogP contribution in [0.5, 0.6) is 5.75 Å². The number of carbonyl (C=O) groups excluding carboxylic acids is 1. The van der Waals surface area contributed by atoms with Gasteiger partial charge >= 0.3 is 0 Å². The van der Waals surface area contributed by atoms with Crippen LogP contribution >= 0.6 is 0 Å². The van der Waals surface area contributed by atoms with Crippen LogP contribution in [0.2, 0.25) is 0 Å². The SMILES string of the molecule is O=C(CC(O)c1ccccc1)NC1COc2ccccc21. The molecule has 0 spiro atoms. The normalized spacial score (nSPS) is 17.7. The molecule has 2 unspecified atom stereocenters. The van der Waals surface area contributed by atoms with E-state index in [0.717, 1.165) is 16.9 Å². The molecule has 3 rings (SSSR count). The minimum atomic E-state index is -0.788. The van der Waals surface area contributed by atoms with Crippen LogP contribution in [-0.4, -0.2) is 17.6 Å². The highest BCUT2D eigenvalue weighted by Crippen LogP contribution is 2.31. The standard InChI is InChI=1S/C17H17NO3/c19-15(12-6-2-1-3-7-12)10-17(20)18-14-11-21-16-9-5-4-8-13(14)16/h1-9,14-15,19H,10-11H2,(H,18,20). The van der Waals surface area contributed by atoms with E-state index in [9.17, 15) is 9.90 Å². The lowest BCUT2D eigenvalue weighted by atomic mass is 10.1. The lowest BCUT2D eigenvalue weighted by Gasteiger charge is -2.14. The molecule has 0 bridgehead atoms. The fourth-order valence-corrected chi connectivity index (χ4v) is 2.50. The lowest BCUT2D eigenvalue weighted by molar-refractivity contribution is -0.123. The largest absolute Gasteiger partial charge is 0.491 e. The average Bonchev–Trinajstić information content (AvgIpc) is 2.91. The molecule has 21 heavy (non-hydrogen) atoms. The zero-order valence-electron chi connectivity index (χ0n) is 11.5. The highest BCUT2D eigenvalue weighted by Gasteiger charge is 2.25. The number of ether oxygens (including phenoxy) is 1. The van der Waals surface area contributed by atoms with Gasteiger partial charge in [0, 0.05) is 5.56 Å². The van der Waals surface area contributed by atoms with Crippen molar-refractivity contribution < 1.29 is 14.6 Å². The van der Waals surface area contributed by atoms with Gasteiger partial charge in [0.05, 0.1) is 18.6 Å². The first-order chi connectivity index (χ1) is 10.2. The average molecular weight is 283 g/mol. The Balaban J connectivity index is 1.61. The fourth-order valence-electron chi connectivity index (χ4n) is 2.50. The third-order valence-corrected chi connectivity index (χ3v) is 3.60. The van der Waals surface area contributed by atoms with Crippen molar-refractivity contribution in [1.82, 2.24) is 5.32 Å². The molecule has 1 heterocycles. The summed E-state index contributed by atoms with van der Waals surface area (Å²) >= 11 is 0. The van der Waals surface area contributed by atoms with Crippen molar-refractivity contribution in [3.63, 3.8) is 0 Å². The minimum Gasteiger partial charge on any atom is -0.491 e. The van der Waals surface area contributed by atoms with E-state index >= 15 is 0 Å². The number of hydrogen-bond donors (Lipinski definition) is 2. The molecule has 2 atom stereocenters. The van der Waals surface area contributed by atoms with Gasteiger partial charge < -0.3 is 15.2 Å². The maximum atomic E-state index is 12.1. The smallest absolute Gasteiger partial charge is 0.223 e. The number of carbonyl (C=O) groups is 1. The van der Waals surface area contributed by atoms with Gasteiger partial charge in [-0.25, -0.2) is 0 Å². The predicted octanol–water partition coefficient (Wildman–Crippen LogP) is 2.36. The molecular formula is C17H17NO3. The van der Waals surface area contributed by atoms with Gasteiger partial charge in [0.1, 0.15) is 12.4 Å². The predicted molar refractivity (Wildman–Crippen MR) is 78.8 cm³/mol. The summed E-state index contributed by atoms with van der Waals surface area (Å²) < 4.78 is 5.52. The van der Waals surface area contributed by atoms with Gasteiger partial charge in [-0.15, -0.1) is 0 Å². The Morgan fingerprint density at radius 3 is 2.71 bits per heavy atom. The topological polar surface area (TPSA) is 58.6 Å². The Morgan fingerprint density at radius 2 is 1.90 bits per heavy atom. The number of para-hydroxylation sites is 1. The molecule has 1 aliphatic rings. The number of fused-ring (bicyclic) bond motifs is 1. The second kappa shape index (κ2) is 5.97. The molecule has 1 aliphatic heterocycles. The number of nitrogens with one attached hydrogen (secondary N) is 1. The van der Waals surface area contributed by atoms with E-state index in [-0.39, 0.29) is 18.4 Å². The van der Waals surface area contributed by atoms with Crippen LogP contribution in [0.25, 0.3) is 0 Å². The molecule has 108 valence electrons. The summed E-state index contributed by atoms with van der Waals surface area (Å²) in [5.41, 5.74) is 1.73. The summed E-state index contributed by atoms with van der Waals surface area (Å²) in [4.78, 5) is 12.1. The first-order valence-corrected chi connectivity index (χ1v) is 6.98. The van der Waals surface area contributed by atoms with Gasteiger partial charge in [-0.05, 0) is 11.6 Å². The molecule has 0 aliphatic carbocycles. The molecule has 4 heteroatoms. The van der Waals surface area contributed by atoms with Crippen LogP contribution in [0.4, 0.5) is 0 Å². The summed E-state index contributed by atoms with van der Waals surface area (Å²) in [6, 6.07) is 16.7. The highest BCUT2D eigenvalue weighted by molar-refractivity contribution is 5.77. The van der Waals surface area contributed by atoms with Crippen LogP contribution in [-0.2, 0) is 4.79 Å². The summed E-state index contributed by atoms with van der Waals surface area (Å²) in [7, 11) is 0. The molecule has 0 fully saturated rings. The van der Waals surface area contributed by atoms with Crippen molar-refractivity contribution in [1.29, 1.82) is 0 Å². The van der Waals surface area contributed by atoms with Gasteiger partial charge in [0.25, 0.3) is 0 Å². The van der Waals surface area contributed by atoms with Crippen molar-refractivity contribution in [3.05, 3.63) is 65.7 Å². The van der Waals surface area contributed by atoms with E-state index in [2.05, 4.69) is 5.32 Å². The number of amides is 1. The summed E-state index contributed by atoms with van der Waals surface area (Å²) in [6.45, 7) is 0.437. The third-order valence-electron chi connectivity index (χ3n) is 3.60. The maximum absolute atomic E-state index is 12.1. The van der Waals surface area contributed by atoms with E-state index in [1.54, 1.807) is 0 Å². The van der Waals surface area contributed by atoms with E-state index in [1.165, 1.54) is 0 Å². The van der Waals surface area contributed by atoms with Crippen LogP contribution < -0.4 is 10.1 Å². The Morgan fingerprint density at radius 1 is 1.19 bits per heavy atom. The van der Waals surface area contributed by atoms with E-state index in [0.29, 0.717) is 6.61 Å². The number of hydrogen-bond acceptors (Lipinski definition) is 3. The lowest BCUT2D eigenvalue weighted by Crippen LogP contribution is -2.30. The molecular weight excluding hydrogens is 266 g/mol. The molecule has 0 saturated heterocycles. The molecule has 1 amide bonds. The molecule has 0 saturated carbocycles. The number of aliphatic hydroxyl groups is 1. The van der Waals surface area contributed by atoms with E-state index in [4.69, 9.17) is 4.74 Å². The highest BCUT2D eigenvalue weighted by atomic mass is 16.5. The van der Waals surface area contributed by atoms with Crippen LogP contribution in [0.1, 0.15) is 29.7 Å². The monoisotopic (exact) mass is 283 g/mol. The van der Waals surface area contributed by atoms with Gasteiger partial charge in [0.15, 0.2) is 0 Å². The van der Waals surface area contributed by atoms with Gasteiger partial charge in [0.2, 0.25) is 5.91 Å². The molecule has 4 nitrogen and oxygen atoms in total. The number of rotatable bonds is 4. The van der Waals surface area contributed by atoms with Gasteiger partial charge in [-0.3, -0.25) is 4.79 Å². The Bertz CT molecular complexity index is 627. The molecule has 2 N–H and O–H groups in total. The quantitative estimate of drug-likeness (QED) is 0.905.